The summed E-state index contributed by atoms with van der Waals surface area (Å²) in [6.45, 7) is 4.42. The average molecular weight is 1240 g/mol. The van der Waals surface area contributed by atoms with Gasteiger partial charge in [0.1, 0.15) is 60.1 Å². The lowest BCUT2D eigenvalue weighted by Gasteiger charge is -2.35. The highest BCUT2D eigenvalue weighted by Crippen LogP contribution is 2.24. The third kappa shape index (κ3) is 25.0. The molecule has 0 aliphatic carbocycles. The Labute approximate surface area is 510 Å². The fourth-order valence-corrected chi connectivity index (χ4v) is 9.91. The summed E-state index contributed by atoms with van der Waals surface area (Å²) in [5.74, 6) is -10.6. The molecule has 0 aromatic heterocycles. The number of unbranched alkanes of at least 4 members (excludes halogenated alkanes) is 1. The maximum atomic E-state index is 14.6. The van der Waals surface area contributed by atoms with E-state index >= 15 is 0 Å². The van der Waals surface area contributed by atoms with Crippen molar-refractivity contribution < 1.29 is 73.2 Å². The normalized spacial score (nSPS) is 16.0. The van der Waals surface area contributed by atoms with Gasteiger partial charge in [-0.05, 0) is 119 Å². The van der Waals surface area contributed by atoms with E-state index in [9.17, 15) is 73.2 Å². The van der Waals surface area contributed by atoms with Gasteiger partial charge in [0, 0.05) is 26.6 Å². The Morgan fingerprint density at radius 3 is 1.84 bits per heavy atom. The zero-order valence-electron chi connectivity index (χ0n) is 49.9. The minimum atomic E-state index is -1.84. The van der Waals surface area contributed by atoms with E-state index in [0.29, 0.717) is 29.7 Å². The van der Waals surface area contributed by atoms with E-state index in [1.165, 1.54) is 47.7 Å². The number of rotatable bonds is 38. The number of likely N-dealkylation sites (tertiary alicyclic amines) is 1. The first-order chi connectivity index (χ1) is 41.2. The predicted molar refractivity (Wildman–Crippen MR) is 323 cm³/mol. The molecule has 30 heteroatoms. The number of carbonyl (C=O) groups excluding carboxylic acids is 9. The second kappa shape index (κ2) is 37.5. The summed E-state index contributed by atoms with van der Waals surface area (Å²) in [5, 5.41) is 57.2. The number of phenolic OH excluding ortho intramolecular Hbond substituents is 1. The number of amides is 9. The molecular weight excluding hydrogens is 1150 g/mol. The van der Waals surface area contributed by atoms with Gasteiger partial charge >= 0.3 is 11.9 Å². The predicted octanol–water partition coefficient (Wildman–Crippen LogP) is -2.73. The fraction of sp³-hybridized carbons (Fsp3) is 0.579. The molecule has 10 atom stereocenters. The van der Waals surface area contributed by atoms with E-state index in [4.69, 9.17) is 22.9 Å². The number of hydrogen-bond acceptors (Lipinski definition) is 17. The van der Waals surface area contributed by atoms with Crippen LogP contribution in [0, 0.1) is 5.92 Å². The summed E-state index contributed by atoms with van der Waals surface area (Å²) < 4.78 is 0. The number of likely N-dealkylation sites (N-methyl/N-ethyl adjacent to an activating group) is 1. The van der Waals surface area contributed by atoms with Crippen molar-refractivity contribution >= 4 is 82.8 Å². The molecule has 9 amide bonds. The van der Waals surface area contributed by atoms with Crippen LogP contribution in [0.25, 0.3) is 0 Å². The summed E-state index contributed by atoms with van der Waals surface area (Å²) in [5.41, 5.74) is 23.7. The smallest absolute Gasteiger partial charge is 0.326 e. The molecule has 19 N–H and O–H groups in total. The van der Waals surface area contributed by atoms with Crippen molar-refractivity contribution in [3.8, 4) is 5.75 Å². The summed E-state index contributed by atoms with van der Waals surface area (Å²) in [6.07, 6.45) is 1.95. The van der Waals surface area contributed by atoms with Crippen LogP contribution in [0.2, 0.25) is 0 Å². The molecule has 2 aromatic rings. The number of benzene rings is 2. The lowest BCUT2D eigenvalue weighted by atomic mass is 10.00. The van der Waals surface area contributed by atoms with Gasteiger partial charge in [-0.15, -0.1) is 0 Å². The van der Waals surface area contributed by atoms with Crippen LogP contribution in [0.4, 0.5) is 0 Å². The van der Waals surface area contributed by atoms with Gasteiger partial charge in [-0.1, -0.05) is 56.3 Å². The van der Waals surface area contributed by atoms with Crippen LogP contribution in [-0.2, 0) is 65.6 Å². The molecular formula is C57H88N14O15S. The summed E-state index contributed by atoms with van der Waals surface area (Å²) in [7, 11) is 1.38. The van der Waals surface area contributed by atoms with Crippen LogP contribution in [0.1, 0.15) is 96.1 Å². The number of guanidine groups is 1. The maximum absolute atomic E-state index is 14.6. The molecule has 1 aliphatic heterocycles. The third-order valence-electron chi connectivity index (χ3n) is 14.2. The number of aliphatic imine (C=N–C) groups is 1. The summed E-state index contributed by atoms with van der Waals surface area (Å²) in [4.78, 5) is 157. The fourth-order valence-electron chi connectivity index (χ4n) is 9.43. The van der Waals surface area contributed by atoms with Crippen LogP contribution in [0.5, 0.6) is 5.75 Å². The molecule has 0 radical (unpaired) electrons. The van der Waals surface area contributed by atoms with Crippen LogP contribution < -0.4 is 60.2 Å². The van der Waals surface area contributed by atoms with E-state index in [0.717, 1.165) is 0 Å². The Morgan fingerprint density at radius 1 is 0.678 bits per heavy atom. The highest BCUT2D eigenvalue weighted by Gasteiger charge is 2.42. The summed E-state index contributed by atoms with van der Waals surface area (Å²) in [6, 6.07) is 0.557. The number of carboxylic acid groups (broad SMARTS) is 2. The lowest BCUT2D eigenvalue weighted by molar-refractivity contribution is -0.149. The van der Waals surface area contributed by atoms with E-state index < -0.39 is 139 Å². The zero-order valence-corrected chi connectivity index (χ0v) is 50.7. The highest BCUT2D eigenvalue weighted by atomic mass is 32.2. The maximum Gasteiger partial charge on any atom is 0.326 e. The second-order valence-corrected chi connectivity index (χ2v) is 22.7. The van der Waals surface area contributed by atoms with Gasteiger partial charge in [0.05, 0.1) is 19.1 Å². The number of aliphatic carboxylic acids is 2. The van der Waals surface area contributed by atoms with Gasteiger partial charge in [0.15, 0.2) is 5.96 Å². The largest absolute Gasteiger partial charge is 0.508 e. The van der Waals surface area contributed by atoms with Crippen molar-refractivity contribution in [1.82, 2.24) is 47.0 Å². The molecule has 1 fully saturated rings. The van der Waals surface area contributed by atoms with Crippen molar-refractivity contribution in [3.63, 3.8) is 0 Å². The SMILES string of the molecule is CSCC[C@H](NC(=O)[C@H](CC(=O)O)NC(=O)[C@H](CCCCN)NC(=O)[C@H](Cc1ccccc1)NC(=O)[C@H](CO)NC(=O)[C@@H](N)Cc1ccc(O)cc1)C(=O)N1CCC[C@H]1C(=O)N(C)[C@@H](CC(C)C)C(=O)N[C@H](C)C(=O)N[C@@H](CCCN=C(N)N)C(=O)O. The molecule has 0 unspecified atom stereocenters. The topological polar surface area (TPSA) is 476 Å². The van der Waals surface area contributed by atoms with Crippen LogP contribution >= 0.6 is 11.8 Å². The number of nitrogens with two attached hydrogens (primary N) is 4. The number of carboxylic acids is 2. The zero-order chi connectivity index (χ0) is 64.9. The van der Waals surface area contributed by atoms with Crippen molar-refractivity contribution in [2.75, 3.05) is 45.3 Å². The molecule has 1 saturated heterocycles. The van der Waals surface area contributed by atoms with Gasteiger partial charge in [0.25, 0.3) is 0 Å². The number of aromatic hydroxyl groups is 1. The summed E-state index contributed by atoms with van der Waals surface area (Å²) >= 11 is 1.33. The van der Waals surface area contributed by atoms with Crippen LogP contribution in [0.3, 0.4) is 0 Å². The first-order valence-corrected chi connectivity index (χ1v) is 30.2. The number of hydrogen-bond donors (Lipinski definition) is 15. The van der Waals surface area contributed by atoms with Gasteiger partial charge in [-0.3, -0.25) is 52.9 Å². The van der Waals surface area contributed by atoms with Crippen molar-refractivity contribution in [2.45, 2.75) is 158 Å². The van der Waals surface area contributed by atoms with Gasteiger partial charge in [-0.25, -0.2) is 4.79 Å². The molecule has 29 nitrogen and oxygen atoms in total. The molecule has 482 valence electrons. The third-order valence-corrected chi connectivity index (χ3v) is 14.9. The average Bonchev–Trinajstić information content (AvgIpc) is 2.36. The van der Waals surface area contributed by atoms with E-state index in [2.05, 4.69) is 42.2 Å². The number of aliphatic hydroxyl groups is 1. The Hall–Kier alpha value is -8.09. The van der Waals surface area contributed by atoms with E-state index in [1.54, 1.807) is 48.7 Å². The number of phenols is 1. The molecule has 1 heterocycles. The Bertz CT molecular complexity index is 2670. The number of nitrogens with zero attached hydrogens (tertiary/aromatic N) is 3. The minimum absolute atomic E-state index is 0.00245. The molecule has 0 saturated carbocycles. The van der Waals surface area contributed by atoms with Crippen molar-refractivity contribution in [1.29, 1.82) is 0 Å². The standard InChI is InChI=1S/C57H88N14O15S/c1-32(2)27-45(53(82)63-33(3)47(76)66-40(56(85)86)16-11-24-62-57(60)61)70(4)55(84)44-17-12-25-71(44)54(83)39(22-26-87-5)65-51(80)42(30-46(74)75)68-49(78)38(15-9-10-23-58)64-50(79)41(29-34-13-7-6-8-14-34)67-52(81)43(31-72)69-48(77)37(59)28-35-18-20-36(73)21-19-35/h6-8,13-14,18-21,32-33,37-45,72-73H,9-12,15-17,22-31,58-59H2,1-5H3,(H,63,82)(H,64,79)(H,65,80)(H,66,76)(H,67,81)(H,68,78)(H,69,77)(H,74,75)(H,85,86)(H4,60,61,62)/t33-,37+,38+,39+,40+,41+,42+,43+,44+,45+/m1/s1. The first kappa shape index (κ1) is 73.2. The van der Waals surface area contributed by atoms with Crippen molar-refractivity contribution in [2.24, 2.45) is 33.8 Å². The van der Waals surface area contributed by atoms with Gasteiger partial charge in [0.2, 0.25) is 53.2 Å². The molecule has 0 bridgehead atoms. The Morgan fingerprint density at radius 2 is 1.24 bits per heavy atom. The Balaban J connectivity index is 1.84. The monoisotopic (exact) mass is 1240 g/mol. The molecule has 2 aromatic carbocycles. The van der Waals surface area contributed by atoms with Gasteiger partial charge in [-0.2, -0.15) is 11.8 Å². The van der Waals surface area contributed by atoms with E-state index in [-0.39, 0.29) is 95.0 Å². The Kier molecular flexibility index (Phi) is 31.5. The second-order valence-electron chi connectivity index (χ2n) is 21.7. The molecule has 0 spiro atoms. The van der Waals surface area contributed by atoms with Crippen LogP contribution in [-0.4, -0.2) is 207 Å². The highest BCUT2D eigenvalue weighted by molar-refractivity contribution is 7.98. The van der Waals surface area contributed by atoms with Gasteiger partial charge < -0.3 is 90.4 Å². The minimum Gasteiger partial charge on any atom is -0.508 e. The number of aliphatic hydroxyl groups excluding tert-OH is 1. The van der Waals surface area contributed by atoms with Crippen molar-refractivity contribution in [3.05, 3.63) is 65.7 Å². The number of nitrogens with one attached hydrogen (secondary N) is 7. The molecule has 1 aliphatic rings. The quantitative estimate of drug-likeness (QED) is 0.0184. The molecule has 87 heavy (non-hydrogen) atoms. The number of thioether (sulfide) groups is 1. The van der Waals surface area contributed by atoms with Crippen LogP contribution in [0.15, 0.2) is 59.6 Å². The van der Waals surface area contributed by atoms with E-state index in [1.807, 2.05) is 13.8 Å². The lowest BCUT2D eigenvalue weighted by Crippen LogP contribution is -2.61. The molecule has 3 rings (SSSR count). The number of carbonyl (C=O) groups is 11. The first-order valence-electron chi connectivity index (χ1n) is 28.8.